The summed E-state index contributed by atoms with van der Waals surface area (Å²) in [6, 6.07) is -0.561. The molecule has 58 heavy (non-hydrogen) atoms. The van der Waals surface area contributed by atoms with Crippen LogP contribution in [0.5, 0.6) is 0 Å². The topological polar surface area (TPSA) is 95.9 Å². The van der Waals surface area contributed by atoms with E-state index in [4.69, 9.17) is 4.74 Å². The van der Waals surface area contributed by atoms with Crippen molar-refractivity contribution >= 4 is 11.9 Å². The second kappa shape index (κ2) is 48.3. The minimum Gasteiger partial charge on any atom is -0.466 e. The number of esters is 1. The molecule has 0 aromatic heterocycles. The van der Waals surface area contributed by atoms with Gasteiger partial charge in [0, 0.05) is 12.8 Å². The Balaban J connectivity index is 3.51. The van der Waals surface area contributed by atoms with Crippen LogP contribution in [0, 0.1) is 0 Å². The first-order chi connectivity index (χ1) is 28.5. The van der Waals surface area contributed by atoms with Gasteiger partial charge in [0.1, 0.15) is 0 Å². The van der Waals surface area contributed by atoms with E-state index in [9.17, 15) is 19.8 Å². The smallest absolute Gasteiger partial charge is 0.305 e. The molecule has 2 unspecified atom stereocenters. The van der Waals surface area contributed by atoms with Crippen molar-refractivity contribution in [1.29, 1.82) is 0 Å². The van der Waals surface area contributed by atoms with E-state index in [1.807, 2.05) is 0 Å². The summed E-state index contributed by atoms with van der Waals surface area (Å²) in [4.78, 5) is 24.4. The summed E-state index contributed by atoms with van der Waals surface area (Å²) in [6.07, 6.45) is 54.7. The van der Waals surface area contributed by atoms with Crippen LogP contribution in [-0.4, -0.2) is 47.4 Å². The van der Waals surface area contributed by atoms with E-state index in [2.05, 4.69) is 31.3 Å². The number of rotatable bonds is 48. The molecule has 0 spiro atoms. The van der Waals surface area contributed by atoms with E-state index in [-0.39, 0.29) is 18.5 Å². The first-order valence-corrected chi connectivity index (χ1v) is 25.9. The van der Waals surface area contributed by atoms with Crippen molar-refractivity contribution in [1.82, 2.24) is 5.32 Å². The maximum Gasteiger partial charge on any atom is 0.305 e. The van der Waals surface area contributed by atoms with Crippen molar-refractivity contribution < 1.29 is 24.5 Å². The molecule has 2 atom stereocenters. The molecule has 0 saturated carbocycles. The molecule has 0 radical (unpaired) electrons. The lowest BCUT2D eigenvalue weighted by Crippen LogP contribution is -2.45. The Morgan fingerprint density at radius 3 is 1.22 bits per heavy atom. The largest absolute Gasteiger partial charge is 0.466 e. The van der Waals surface area contributed by atoms with E-state index >= 15 is 0 Å². The maximum atomic E-state index is 12.4. The molecule has 0 aliphatic rings. The summed E-state index contributed by atoms with van der Waals surface area (Å²) in [6.45, 7) is 4.89. The van der Waals surface area contributed by atoms with Crippen molar-refractivity contribution in [3.8, 4) is 0 Å². The third-order valence-corrected chi connectivity index (χ3v) is 12.1. The number of aliphatic hydroxyl groups is 2. The minimum absolute atomic E-state index is 0.0292. The molecule has 0 bridgehead atoms. The maximum absolute atomic E-state index is 12.4. The Labute approximate surface area is 361 Å². The van der Waals surface area contributed by atoms with Crippen molar-refractivity contribution in [2.24, 2.45) is 0 Å². The number of nitrogens with one attached hydrogen (secondary N) is 1. The molecule has 0 heterocycles. The molecular weight excluding hydrogens is 719 g/mol. The molecule has 0 aliphatic heterocycles. The van der Waals surface area contributed by atoms with Gasteiger partial charge in [0.05, 0.1) is 25.4 Å². The number of hydrogen-bond acceptors (Lipinski definition) is 5. The highest BCUT2D eigenvalue weighted by molar-refractivity contribution is 5.76. The van der Waals surface area contributed by atoms with E-state index in [0.717, 1.165) is 77.0 Å². The van der Waals surface area contributed by atoms with E-state index in [1.165, 1.54) is 173 Å². The van der Waals surface area contributed by atoms with Crippen LogP contribution in [0.4, 0.5) is 0 Å². The number of carbonyl (C=O) groups excluding carboxylic acids is 2. The normalized spacial score (nSPS) is 12.7. The second-order valence-corrected chi connectivity index (χ2v) is 17.9. The summed E-state index contributed by atoms with van der Waals surface area (Å²) in [5.41, 5.74) is 0. The van der Waals surface area contributed by atoms with Crippen molar-refractivity contribution in [2.75, 3.05) is 13.2 Å². The lowest BCUT2D eigenvalue weighted by Gasteiger charge is -2.22. The number of allylic oxidation sites excluding steroid dienone is 2. The molecule has 6 heteroatoms. The molecule has 0 aliphatic carbocycles. The lowest BCUT2D eigenvalue weighted by molar-refractivity contribution is -0.143. The second-order valence-electron chi connectivity index (χ2n) is 17.9. The predicted molar refractivity (Wildman–Crippen MR) is 250 cm³/mol. The molecule has 6 nitrogen and oxygen atoms in total. The number of amides is 1. The average Bonchev–Trinajstić information content (AvgIpc) is 3.22. The standard InChI is InChI=1S/C52H101NO5/c1-3-5-7-9-11-13-15-17-18-19-20-22-24-28-32-36-40-44-50(55)49(48-54)53-51(56)45-41-37-33-29-25-23-27-31-35-39-43-47-58-52(57)46-42-38-34-30-26-21-16-14-12-10-8-6-4-2/h27,31,49-50,54-55H,3-26,28-30,32-48H2,1-2H3,(H,53,56)/b31-27-. The first kappa shape index (κ1) is 56.6. The number of hydrogen-bond donors (Lipinski definition) is 3. The van der Waals surface area contributed by atoms with Gasteiger partial charge in [-0.05, 0) is 51.4 Å². The van der Waals surface area contributed by atoms with Crippen LogP contribution in [0.1, 0.15) is 284 Å². The van der Waals surface area contributed by atoms with Crippen molar-refractivity contribution in [2.45, 2.75) is 296 Å². The summed E-state index contributed by atoms with van der Waals surface area (Å²) in [7, 11) is 0. The van der Waals surface area contributed by atoms with Gasteiger partial charge in [-0.3, -0.25) is 9.59 Å². The number of unbranched alkanes of at least 4 members (excludes halogenated alkanes) is 35. The van der Waals surface area contributed by atoms with E-state index < -0.39 is 12.1 Å². The quantitative estimate of drug-likeness (QED) is 0.0323. The molecule has 0 saturated heterocycles. The highest BCUT2D eigenvalue weighted by atomic mass is 16.5. The Morgan fingerprint density at radius 2 is 0.810 bits per heavy atom. The van der Waals surface area contributed by atoms with Crippen molar-refractivity contribution in [3.63, 3.8) is 0 Å². The summed E-state index contributed by atoms with van der Waals surface area (Å²) in [5, 5.41) is 23.2. The molecule has 1 amide bonds. The molecule has 0 rings (SSSR count). The highest BCUT2D eigenvalue weighted by Crippen LogP contribution is 2.17. The summed E-state index contributed by atoms with van der Waals surface area (Å²) >= 11 is 0. The van der Waals surface area contributed by atoms with Crippen LogP contribution >= 0.6 is 0 Å². The average molecular weight is 820 g/mol. The van der Waals surface area contributed by atoms with Gasteiger partial charge >= 0.3 is 5.97 Å². The third-order valence-electron chi connectivity index (χ3n) is 12.1. The van der Waals surface area contributed by atoms with Crippen LogP contribution in [-0.2, 0) is 14.3 Å². The SMILES string of the molecule is CCCCCCCCCCCCCCCCCCCC(O)C(CO)NC(=O)CCCCCCC/C=C\CCCCOC(=O)CCCCCCCCCCCCCCC. The van der Waals surface area contributed by atoms with Crippen LogP contribution in [0.3, 0.4) is 0 Å². The predicted octanol–water partition coefficient (Wildman–Crippen LogP) is 15.3. The van der Waals surface area contributed by atoms with Gasteiger partial charge < -0.3 is 20.3 Å². The number of carbonyl (C=O) groups is 2. The Kier molecular flexibility index (Phi) is 47.1. The molecule has 0 aromatic carbocycles. The molecule has 0 fully saturated rings. The Hall–Kier alpha value is -1.40. The Morgan fingerprint density at radius 1 is 0.466 bits per heavy atom. The van der Waals surface area contributed by atoms with Gasteiger partial charge in [-0.2, -0.15) is 0 Å². The zero-order valence-corrected chi connectivity index (χ0v) is 39.0. The van der Waals surface area contributed by atoms with Gasteiger partial charge in [0.25, 0.3) is 0 Å². The van der Waals surface area contributed by atoms with Crippen LogP contribution in [0.25, 0.3) is 0 Å². The van der Waals surface area contributed by atoms with Gasteiger partial charge in [0.15, 0.2) is 0 Å². The van der Waals surface area contributed by atoms with Crippen LogP contribution < -0.4 is 5.32 Å². The third kappa shape index (κ3) is 44.2. The van der Waals surface area contributed by atoms with Gasteiger partial charge in [-0.1, -0.05) is 231 Å². The van der Waals surface area contributed by atoms with Gasteiger partial charge in [-0.15, -0.1) is 0 Å². The van der Waals surface area contributed by atoms with Crippen LogP contribution in [0.15, 0.2) is 12.2 Å². The zero-order valence-electron chi connectivity index (χ0n) is 39.0. The van der Waals surface area contributed by atoms with Gasteiger partial charge in [-0.25, -0.2) is 0 Å². The Bertz CT molecular complexity index is 863. The van der Waals surface area contributed by atoms with Crippen LogP contribution in [0.2, 0.25) is 0 Å². The highest BCUT2D eigenvalue weighted by Gasteiger charge is 2.20. The molecule has 344 valence electrons. The first-order valence-electron chi connectivity index (χ1n) is 25.9. The summed E-state index contributed by atoms with van der Waals surface area (Å²) in [5.74, 6) is -0.0912. The number of aliphatic hydroxyl groups excluding tert-OH is 2. The van der Waals surface area contributed by atoms with Gasteiger partial charge in [0.2, 0.25) is 5.91 Å². The van der Waals surface area contributed by atoms with E-state index in [1.54, 1.807) is 0 Å². The fourth-order valence-corrected chi connectivity index (χ4v) is 8.05. The minimum atomic E-state index is -0.681. The number of ether oxygens (including phenoxy) is 1. The molecule has 0 aromatic rings. The molecular formula is C52H101NO5. The summed E-state index contributed by atoms with van der Waals surface area (Å²) < 4.78 is 5.43. The molecule has 3 N–H and O–H groups in total. The van der Waals surface area contributed by atoms with Crippen molar-refractivity contribution in [3.05, 3.63) is 12.2 Å². The van der Waals surface area contributed by atoms with E-state index in [0.29, 0.717) is 25.9 Å². The monoisotopic (exact) mass is 820 g/mol. The fraction of sp³-hybridized carbons (Fsp3) is 0.923. The lowest BCUT2D eigenvalue weighted by atomic mass is 10.0. The fourth-order valence-electron chi connectivity index (χ4n) is 8.05. The zero-order chi connectivity index (χ0) is 42.3.